The van der Waals surface area contributed by atoms with E-state index in [0.29, 0.717) is 10.8 Å². The Morgan fingerprint density at radius 1 is 0.941 bits per heavy atom. The van der Waals surface area contributed by atoms with Crippen LogP contribution in [0.2, 0.25) is 0 Å². The molecule has 17 heavy (non-hydrogen) atoms. The minimum absolute atomic E-state index is 0. The van der Waals surface area contributed by atoms with Crippen LogP contribution in [0, 0.1) is 0 Å². The summed E-state index contributed by atoms with van der Waals surface area (Å²) in [7, 11) is 1.43. The summed E-state index contributed by atoms with van der Waals surface area (Å²) >= 11 is 0. The van der Waals surface area contributed by atoms with Gasteiger partial charge in [0.2, 0.25) is 0 Å². The van der Waals surface area contributed by atoms with Crippen molar-refractivity contribution in [2.24, 2.45) is 0 Å². The topological polar surface area (TPSA) is 0 Å². The molecular weight excluding hydrogens is 329 g/mol. The van der Waals surface area contributed by atoms with Crippen molar-refractivity contribution < 1.29 is 21.7 Å². The van der Waals surface area contributed by atoms with Gasteiger partial charge in [0.25, 0.3) is 0 Å². The quantitative estimate of drug-likeness (QED) is 0.406. The monoisotopic (exact) mass is 351 g/mol. The summed E-state index contributed by atoms with van der Waals surface area (Å²) in [6, 6.07) is 4.59. The van der Waals surface area contributed by atoms with Gasteiger partial charge in [0.1, 0.15) is 0 Å². The van der Waals surface area contributed by atoms with E-state index in [1.165, 1.54) is 18.8 Å². The van der Waals surface area contributed by atoms with Crippen LogP contribution in [0.25, 0.3) is 0 Å². The molecule has 1 aromatic heterocycles. The van der Waals surface area contributed by atoms with Gasteiger partial charge < -0.3 is 0 Å². The zero-order valence-electron chi connectivity index (χ0n) is 11.3. The summed E-state index contributed by atoms with van der Waals surface area (Å²) in [5, 5.41) is 3.08. The van der Waals surface area contributed by atoms with E-state index in [-0.39, 0.29) is 58.9 Å². The molecule has 0 N–H and O–H groups in total. The number of halogens is 3. The molecule has 102 valence electrons. The van der Waals surface area contributed by atoms with E-state index < -0.39 is 0 Å². The molecule has 0 nitrogen and oxygen atoms in total. The molecule has 0 amide bonds. The average Bonchev–Trinajstić information content (AvgIpc) is 2.28. The summed E-state index contributed by atoms with van der Waals surface area (Å²) in [5.74, 6) is 0. The smallest absolute Gasteiger partial charge is 0 e. The van der Waals surface area contributed by atoms with Crippen LogP contribution in [0.3, 0.4) is 0 Å². The van der Waals surface area contributed by atoms with Crippen LogP contribution in [-0.4, -0.2) is 0 Å². The Labute approximate surface area is 141 Å². The molecule has 0 radical (unpaired) electrons. The molecule has 0 aliphatic heterocycles. The molecule has 0 saturated heterocycles. The van der Waals surface area contributed by atoms with Crippen molar-refractivity contribution >= 4 is 45.4 Å². The van der Waals surface area contributed by atoms with Crippen molar-refractivity contribution in [3.8, 4) is 0 Å². The van der Waals surface area contributed by atoms with Crippen LogP contribution in [0.15, 0.2) is 12.1 Å². The standard InChI is InChI=1S/C12H20P.3ClH.Ti/c1-11(2,3)9-7-8-10(13-9)12(4,5)6;;;;/h7-8H,1-6H3;3*1H;/q-1;;;;. The first kappa shape index (κ1) is 26.8. The van der Waals surface area contributed by atoms with Gasteiger partial charge in [-0.15, -0.1) is 42.5 Å². The van der Waals surface area contributed by atoms with Crippen molar-refractivity contribution in [1.29, 1.82) is 0 Å². The Hall–Kier alpha value is 1.36. The number of rotatable bonds is 0. The Morgan fingerprint density at radius 3 is 1.53 bits per heavy atom. The molecule has 0 atom stereocenters. The Kier molecular flexibility index (Phi) is 14.7. The second-order valence-corrected chi connectivity index (χ2v) is 6.90. The summed E-state index contributed by atoms with van der Waals surface area (Å²) in [4.78, 5) is 0. The van der Waals surface area contributed by atoms with E-state index in [2.05, 4.69) is 53.7 Å². The van der Waals surface area contributed by atoms with Gasteiger partial charge in [-0.25, -0.2) is 14.3 Å². The molecule has 1 rings (SSSR count). The van der Waals surface area contributed by atoms with Crippen LogP contribution in [-0.2, 0) is 32.5 Å². The molecule has 1 heterocycles. The maximum atomic E-state index is 2.29. The van der Waals surface area contributed by atoms with Gasteiger partial charge >= 0.3 is 0 Å². The summed E-state index contributed by atoms with van der Waals surface area (Å²) in [6.07, 6.45) is 0. The molecule has 0 fully saturated rings. The molecule has 0 saturated carbocycles. The first-order chi connectivity index (χ1) is 5.71. The van der Waals surface area contributed by atoms with E-state index >= 15 is 0 Å². The van der Waals surface area contributed by atoms with Crippen molar-refractivity contribution in [3.63, 3.8) is 0 Å². The van der Waals surface area contributed by atoms with Crippen LogP contribution in [0.5, 0.6) is 0 Å². The molecule has 5 heteroatoms. The Balaban J connectivity index is -0.000000211. The predicted octanol–water partition coefficient (Wildman–Crippen LogP) is 5.84. The maximum Gasteiger partial charge on any atom is 0 e. The second-order valence-electron chi connectivity index (χ2n) is 5.72. The van der Waals surface area contributed by atoms with Crippen molar-refractivity contribution in [2.45, 2.75) is 52.4 Å². The normalized spacial score (nSPS) is 10.7. The van der Waals surface area contributed by atoms with E-state index in [1.54, 1.807) is 0 Å². The van der Waals surface area contributed by atoms with Crippen LogP contribution < -0.4 is 0 Å². The third-order valence-electron chi connectivity index (χ3n) is 2.18. The molecule has 0 unspecified atom stereocenters. The Morgan fingerprint density at radius 2 is 1.35 bits per heavy atom. The van der Waals surface area contributed by atoms with Crippen LogP contribution >= 0.6 is 45.4 Å². The second kappa shape index (κ2) is 9.30. The fourth-order valence-electron chi connectivity index (χ4n) is 1.20. The van der Waals surface area contributed by atoms with Gasteiger partial charge in [-0.1, -0.05) is 52.4 Å². The molecule has 0 spiro atoms. The van der Waals surface area contributed by atoms with Crippen LogP contribution in [0.4, 0.5) is 0 Å². The first-order valence-corrected chi connectivity index (χ1v) is 5.75. The van der Waals surface area contributed by atoms with Crippen molar-refractivity contribution in [1.82, 2.24) is 0 Å². The van der Waals surface area contributed by atoms with Gasteiger partial charge in [0, 0.05) is 21.7 Å². The predicted molar refractivity (Wildman–Crippen MR) is 83.7 cm³/mol. The largest absolute Gasteiger partial charge is 0.219 e. The molecule has 1 aromatic rings. The zero-order valence-corrected chi connectivity index (χ0v) is 16.2. The summed E-state index contributed by atoms with van der Waals surface area (Å²) in [5.41, 5.74) is 0.649. The maximum absolute atomic E-state index is 2.29. The molecular formula is C12H23Cl3PTi-. The number of hydrogen-bond acceptors (Lipinski definition) is 0. The molecule has 0 aliphatic rings. The van der Waals surface area contributed by atoms with Gasteiger partial charge in [0.05, 0.1) is 0 Å². The average molecular weight is 353 g/mol. The summed E-state index contributed by atoms with van der Waals surface area (Å²) < 4.78 is 0. The fraction of sp³-hybridized carbons (Fsp3) is 0.667. The fourth-order valence-corrected chi connectivity index (χ4v) is 2.43. The molecule has 0 bridgehead atoms. The number of hydrogen-bond donors (Lipinski definition) is 0. The molecule has 0 aromatic carbocycles. The zero-order chi connectivity index (χ0) is 10.3. The van der Waals surface area contributed by atoms with Crippen molar-refractivity contribution in [3.05, 3.63) is 22.7 Å². The van der Waals surface area contributed by atoms with E-state index in [0.717, 1.165) is 0 Å². The van der Waals surface area contributed by atoms with E-state index in [4.69, 9.17) is 0 Å². The van der Waals surface area contributed by atoms with Gasteiger partial charge in [-0.3, -0.25) is 0 Å². The van der Waals surface area contributed by atoms with Gasteiger partial charge in [0.15, 0.2) is 0 Å². The molecule has 0 aliphatic carbocycles. The van der Waals surface area contributed by atoms with Gasteiger partial charge in [-0.2, -0.15) is 11.4 Å². The van der Waals surface area contributed by atoms with E-state index in [1.807, 2.05) is 0 Å². The third kappa shape index (κ3) is 8.20. The van der Waals surface area contributed by atoms with Crippen LogP contribution in [0.1, 0.15) is 52.1 Å². The first-order valence-electron chi connectivity index (χ1n) is 4.86. The third-order valence-corrected chi connectivity index (χ3v) is 4.30. The SMILES string of the molecule is CC(C)(C)c1cc[c-](C(C)(C)C)p1.Cl.Cl.Cl.[Ti]. The van der Waals surface area contributed by atoms with Gasteiger partial charge in [-0.05, 0) is 0 Å². The minimum Gasteiger partial charge on any atom is -0.219 e. The minimum atomic E-state index is 0. The summed E-state index contributed by atoms with van der Waals surface area (Å²) in [6.45, 7) is 13.7. The van der Waals surface area contributed by atoms with E-state index in [9.17, 15) is 0 Å². The Bertz CT molecular complexity index is 269. The van der Waals surface area contributed by atoms with Crippen molar-refractivity contribution in [2.75, 3.05) is 0 Å².